The third-order valence-electron chi connectivity index (χ3n) is 4.63. The molecule has 0 saturated heterocycles. The molecule has 0 spiro atoms. The van der Waals surface area contributed by atoms with Crippen LogP contribution >= 0.6 is 12.2 Å². The van der Waals surface area contributed by atoms with Gasteiger partial charge >= 0.3 is 0 Å². The van der Waals surface area contributed by atoms with Gasteiger partial charge in [0.15, 0.2) is 0 Å². The second-order valence-electron chi connectivity index (χ2n) is 5.93. The van der Waals surface area contributed by atoms with Crippen LogP contribution in [0.4, 0.5) is 0 Å². The van der Waals surface area contributed by atoms with Gasteiger partial charge in [0.05, 0.1) is 7.11 Å². The van der Waals surface area contributed by atoms with Gasteiger partial charge in [-0.15, -0.1) is 0 Å². The van der Waals surface area contributed by atoms with Crippen molar-refractivity contribution in [1.82, 2.24) is 10.2 Å². The van der Waals surface area contributed by atoms with Crippen LogP contribution in [-0.2, 0) is 5.41 Å². The highest BCUT2D eigenvalue weighted by Gasteiger charge is 2.34. The van der Waals surface area contributed by atoms with Crippen molar-refractivity contribution in [3.63, 3.8) is 0 Å². The summed E-state index contributed by atoms with van der Waals surface area (Å²) in [5.41, 5.74) is 2.56. The zero-order valence-corrected chi connectivity index (χ0v) is 14.3. The number of nitrogens with one attached hydrogen (secondary N) is 1. The Balaban J connectivity index is 2.29. The van der Waals surface area contributed by atoms with Gasteiger partial charge in [-0.25, -0.2) is 0 Å². The monoisotopic (exact) mass is 306 g/mol. The third kappa shape index (κ3) is 3.38. The van der Waals surface area contributed by atoms with Gasteiger partial charge in [0.25, 0.3) is 0 Å². The van der Waals surface area contributed by atoms with Crippen LogP contribution in [0, 0.1) is 0 Å². The average molecular weight is 306 g/mol. The number of methoxy groups -OCH3 is 1. The summed E-state index contributed by atoms with van der Waals surface area (Å²) >= 11 is 5.46. The molecule has 0 amide bonds. The Kier molecular flexibility index (Phi) is 5.22. The van der Waals surface area contributed by atoms with Crippen molar-refractivity contribution in [3.05, 3.63) is 29.3 Å². The van der Waals surface area contributed by atoms with E-state index in [1.54, 1.807) is 7.11 Å². The molecular weight excluding hydrogens is 280 g/mol. The van der Waals surface area contributed by atoms with E-state index in [1.165, 1.54) is 5.56 Å². The number of rotatable bonds is 6. The summed E-state index contributed by atoms with van der Waals surface area (Å²) in [6.45, 7) is 11.0. The van der Waals surface area contributed by atoms with E-state index >= 15 is 0 Å². The van der Waals surface area contributed by atoms with E-state index < -0.39 is 0 Å². The number of nitrogens with zero attached hydrogens (tertiary/aromatic N) is 1. The maximum Gasteiger partial charge on any atom is 0.119 e. The van der Waals surface area contributed by atoms with E-state index in [2.05, 4.69) is 43.1 Å². The Morgan fingerprint density at radius 2 is 2.05 bits per heavy atom. The molecule has 21 heavy (non-hydrogen) atoms. The summed E-state index contributed by atoms with van der Waals surface area (Å²) in [6, 6.07) is 6.23. The Morgan fingerprint density at radius 3 is 2.67 bits per heavy atom. The Bertz CT molecular complexity index is 514. The van der Waals surface area contributed by atoms with Gasteiger partial charge in [0.1, 0.15) is 10.7 Å². The SMILES string of the molecule is CCN(CC)CCC1(C)CNC(=S)c2ccc(OC)cc21. The fourth-order valence-electron chi connectivity index (χ4n) is 2.98. The molecule has 4 heteroatoms. The topological polar surface area (TPSA) is 24.5 Å². The normalized spacial score (nSPS) is 21.1. The van der Waals surface area contributed by atoms with Crippen LogP contribution in [0.2, 0.25) is 0 Å². The van der Waals surface area contributed by atoms with Crippen LogP contribution in [-0.4, -0.2) is 43.2 Å². The Hall–Kier alpha value is -1.13. The first-order valence-electron chi connectivity index (χ1n) is 7.73. The molecule has 1 aliphatic rings. The number of hydrogen-bond donors (Lipinski definition) is 1. The lowest BCUT2D eigenvalue weighted by Crippen LogP contribution is -2.46. The van der Waals surface area contributed by atoms with Crippen LogP contribution in [0.1, 0.15) is 38.3 Å². The fourth-order valence-corrected chi connectivity index (χ4v) is 3.23. The van der Waals surface area contributed by atoms with Crippen molar-refractivity contribution in [2.45, 2.75) is 32.6 Å². The minimum atomic E-state index is 0.0920. The molecule has 1 aliphatic heterocycles. The van der Waals surface area contributed by atoms with E-state index in [9.17, 15) is 0 Å². The van der Waals surface area contributed by atoms with Crippen molar-refractivity contribution in [2.75, 3.05) is 33.3 Å². The smallest absolute Gasteiger partial charge is 0.119 e. The van der Waals surface area contributed by atoms with Gasteiger partial charge < -0.3 is 15.0 Å². The number of thiocarbonyl (C=S) groups is 1. The maximum absolute atomic E-state index is 5.46. The molecule has 3 nitrogen and oxygen atoms in total. The highest BCUT2D eigenvalue weighted by atomic mass is 32.1. The second-order valence-corrected chi connectivity index (χ2v) is 6.34. The van der Waals surface area contributed by atoms with Gasteiger partial charge in [-0.05, 0) is 49.8 Å². The molecular formula is C17H26N2OS. The minimum Gasteiger partial charge on any atom is -0.497 e. The van der Waals surface area contributed by atoms with Crippen LogP contribution in [0.15, 0.2) is 18.2 Å². The first kappa shape index (κ1) is 16.2. The van der Waals surface area contributed by atoms with E-state index in [0.717, 1.165) is 48.9 Å². The zero-order valence-electron chi connectivity index (χ0n) is 13.5. The summed E-state index contributed by atoms with van der Waals surface area (Å²) < 4.78 is 5.40. The van der Waals surface area contributed by atoms with Crippen LogP contribution in [0.25, 0.3) is 0 Å². The van der Waals surface area contributed by atoms with Crippen molar-refractivity contribution >= 4 is 17.2 Å². The molecule has 0 radical (unpaired) electrons. The molecule has 0 fully saturated rings. The lowest BCUT2D eigenvalue weighted by molar-refractivity contribution is 0.262. The summed E-state index contributed by atoms with van der Waals surface area (Å²) in [4.78, 5) is 3.32. The van der Waals surface area contributed by atoms with Crippen molar-refractivity contribution < 1.29 is 4.74 Å². The van der Waals surface area contributed by atoms with E-state index in [4.69, 9.17) is 17.0 Å². The first-order valence-corrected chi connectivity index (χ1v) is 8.14. The number of ether oxygens (including phenoxy) is 1. The van der Waals surface area contributed by atoms with Gasteiger partial charge in [0, 0.05) is 17.5 Å². The third-order valence-corrected chi connectivity index (χ3v) is 5.00. The quantitative estimate of drug-likeness (QED) is 0.817. The predicted octanol–water partition coefficient (Wildman–Crippen LogP) is 2.96. The van der Waals surface area contributed by atoms with Crippen LogP contribution in [0.3, 0.4) is 0 Å². The predicted molar refractivity (Wildman–Crippen MR) is 92.5 cm³/mol. The zero-order chi connectivity index (χ0) is 15.5. The molecule has 0 bridgehead atoms. The largest absolute Gasteiger partial charge is 0.497 e. The van der Waals surface area contributed by atoms with Gasteiger partial charge in [-0.2, -0.15) is 0 Å². The van der Waals surface area contributed by atoms with E-state index in [-0.39, 0.29) is 5.41 Å². The van der Waals surface area contributed by atoms with Crippen LogP contribution < -0.4 is 10.1 Å². The molecule has 1 aromatic rings. The Morgan fingerprint density at radius 1 is 1.33 bits per heavy atom. The molecule has 116 valence electrons. The minimum absolute atomic E-state index is 0.0920. The summed E-state index contributed by atoms with van der Waals surface area (Å²) in [6.07, 6.45) is 1.12. The molecule has 1 N–H and O–H groups in total. The molecule has 1 atom stereocenters. The first-order chi connectivity index (χ1) is 10.0. The Labute approximate surface area is 133 Å². The average Bonchev–Trinajstić information content (AvgIpc) is 2.52. The van der Waals surface area contributed by atoms with Crippen molar-refractivity contribution in [3.8, 4) is 5.75 Å². The fraction of sp³-hybridized carbons (Fsp3) is 0.588. The summed E-state index contributed by atoms with van der Waals surface area (Å²) in [7, 11) is 1.72. The van der Waals surface area contributed by atoms with Crippen molar-refractivity contribution in [1.29, 1.82) is 0 Å². The molecule has 1 heterocycles. The molecule has 1 unspecified atom stereocenters. The van der Waals surface area contributed by atoms with E-state index in [0.29, 0.717) is 0 Å². The molecule has 0 aliphatic carbocycles. The maximum atomic E-state index is 5.46. The molecule has 0 aromatic heterocycles. The molecule has 2 rings (SSSR count). The van der Waals surface area contributed by atoms with Crippen molar-refractivity contribution in [2.24, 2.45) is 0 Å². The highest BCUT2D eigenvalue weighted by Crippen LogP contribution is 2.35. The van der Waals surface area contributed by atoms with Gasteiger partial charge in [-0.3, -0.25) is 0 Å². The molecule has 0 saturated carbocycles. The highest BCUT2D eigenvalue weighted by molar-refractivity contribution is 7.80. The van der Waals surface area contributed by atoms with Gasteiger partial charge in [0.2, 0.25) is 0 Å². The van der Waals surface area contributed by atoms with E-state index in [1.807, 2.05) is 6.07 Å². The second kappa shape index (κ2) is 6.75. The summed E-state index contributed by atoms with van der Waals surface area (Å²) in [5, 5.41) is 3.40. The lowest BCUT2D eigenvalue weighted by Gasteiger charge is -2.38. The molecule has 1 aromatic carbocycles. The van der Waals surface area contributed by atoms with Gasteiger partial charge in [-0.1, -0.05) is 33.0 Å². The standard InChI is InChI=1S/C17H26N2OS/c1-5-19(6-2)10-9-17(3)12-18-16(21)14-8-7-13(20-4)11-15(14)17/h7-8,11H,5-6,9-10,12H2,1-4H3,(H,18,21). The number of benzene rings is 1. The number of hydrogen-bond acceptors (Lipinski definition) is 3. The summed E-state index contributed by atoms with van der Waals surface area (Å²) in [5.74, 6) is 0.910. The lowest BCUT2D eigenvalue weighted by atomic mass is 9.74. The number of fused-ring (bicyclic) bond motifs is 1. The van der Waals surface area contributed by atoms with Crippen LogP contribution in [0.5, 0.6) is 5.75 Å².